The second kappa shape index (κ2) is 6.17. The molecule has 1 aromatic carbocycles. The van der Waals surface area contributed by atoms with Crippen LogP contribution in [-0.4, -0.2) is 44.9 Å². The molecule has 3 rings (SSSR count). The summed E-state index contributed by atoms with van der Waals surface area (Å²) in [5.74, 6) is -1.97. The number of nitrogens with zero attached hydrogens (tertiary/aromatic N) is 1. The minimum atomic E-state index is -1.27. The molecule has 2 heterocycles. The van der Waals surface area contributed by atoms with Crippen LogP contribution in [0, 0.1) is 5.92 Å². The third-order valence-electron chi connectivity index (χ3n) is 3.76. The fourth-order valence-corrected chi connectivity index (χ4v) is 4.08. The third-order valence-corrected chi connectivity index (χ3v) is 5.00. The second-order valence-electron chi connectivity index (χ2n) is 5.31. The molecule has 1 fully saturated rings. The predicted molar refractivity (Wildman–Crippen MR) is 84.8 cm³/mol. The summed E-state index contributed by atoms with van der Waals surface area (Å²) in [6.45, 7) is 1.50. The SMILES string of the molecule is C[C@@H](O)[C@H]1C(=O)N2C(C(=O)O)=C(Oc3ccc(NC=O)cc3)S[C@H]12. The molecule has 0 bridgehead atoms. The number of benzene rings is 1. The minimum Gasteiger partial charge on any atom is -0.476 e. The number of carboxylic acids is 1. The fraction of sp³-hybridized carbons (Fsp3) is 0.267. The molecule has 9 heteroatoms. The van der Waals surface area contributed by atoms with E-state index in [1.807, 2.05) is 0 Å². The largest absolute Gasteiger partial charge is 0.476 e. The van der Waals surface area contributed by atoms with E-state index in [2.05, 4.69) is 5.32 Å². The first kappa shape index (κ1) is 16.3. The molecule has 126 valence electrons. The highest BCUT2D eigenvalue weighted by Gasteiger charge is 2.58. The van der Waals surface area contributed by atoms with Crippen LogP contribution < -0.4 is 10.1 Å². The minimum absolute atomic E-state index is 0.0973. The molecule has 0 aromatic heterocycles. The fourth-order valence-electron chi connectivity index (χ4n) is 2.62. The van der Waals surface area contributed by atoms with Gasteiger partial charge in [-0.1, -0.05) is 11.8 Å². The predicted octanol–water partition coefficient (Wildman–Crippen LogP) is 0.799. The normalized spacial score (nSPS) is 23.4. The van der Waals surface area contributed by atoms with Crippen LogP contribution in [0.4, 0.5) is 5.69 Å². The zero-order valence-corrected chi connectivity index (χ0v) is 13.3. The van der Waals surface area contributed by atoms with E-state index in [0.717, 1.165) is 16.7 Å². The van der Waals surface area contributed by atoms with Gasteiger partial charge in [-0.25, -0.2) is 4.79 Å². The van der Waals surface area contributed by atoms with Crippen molar-refractivity contribution in [2.24, 2.45) is 5.92 Å². The summed E-state index contributed by atoms with van der Waals surface area (Å²) in [4.78, 5) is 35.1. The maximum atomic E-state index is 12.1. The second-order valence-corrected chi connectivity index (χ2v) is 6.40. The Bertz CT molecular complexity index is 730. The van der Waals surface area contributed by atoms with Crippen LogP contribution in [-0.2, 0) is 14.4 Å². The van der Waals surface area contributed by atoms with Crippen molar-refractivity contribution in [1.82, 2.24) is 4.90 Å². The first-order valence-corrected chi connectivity index (χ1v) is 7.95. The van der Waals surface area contributed by atoms with Gasteiger partial charge >= 0.3 is 5.97 Å². The number of anilines is 1. The van der Waals surface area contributed by atoms with Crippen molar-refractivity contribution in [3.8, 4) is 5.75 Å². The summed E-state index contributed by atoms with van der Waals surface area (Å²) in [6.07, 6.45) is -0.324. The maximum absolute atomic E-state index is 12.1. The van der Waals surface area contributed by atoms with Gasteiger partial charge < -0.3 is 20.3 Å². The van der Waals surface area contributed by atoms with Crippen molar-refractivity contribution in [3.63, 3.8) is 0 Å². The number of hydrogen-bond donors (Lipinski definition) is 3. The first-order valence-electron chi connectivity index (χ1n) is 7.07. The number of carboxylic acid groups (broad SMARTS) is 1. The zero-order valence-electron chi connectivity index (χ0n) is 12.5. The number of carbonyl (C=O) groups excluding carboxylic acids is 2. The molecule has 1 aromatic rings. The van der Waals surface area contributed by atoms with Gasteiger partial charge in [0, 0.05) is 5.69 Å². The van der Waals surface area contributed by atoms with Crippen LogP contribution in [0.5, 0.6) is 5.75 Å². The Morgan fingerprint density at radius 2 is 2.08 bits per heavy atom. The smallest absolute Gasteiger partial charge is 0.357 e. The van der Waals surface area contributed by atoms with E-state index in [1.54, 1.807) is 24.3 Å². The lowest BCUT2D eigenvalue weighted by Gasteiger charge is -2.43. The molecule has 2 amide bonds. The summed E-state index contributed by atoms with van der Waals surface area (Å²) in [5.41, 5.74) is 0.346. The molecule has 3 N–H and O–H groups in total. The number of β-lactam (4-membered cyclic amide) rings is 1. The van der Waals surface area contributed by atoms with Gasteiger partial charge in [0.25, 0.3) is 0 Å². The molecule has 1 saturated heterocycles. The number of carbonyl (C=O) groups is 3. The Morgan fingerprint density at radius 3 is 2.62 bits per heavy atom. The number of nitrogens with one attached hydrogen (secondary N) is 1. The Labute approximate surface area is 141 Å². The van der Waals surface area contributed by atoms with Crippen molar-refractivity contribution >= 4 is 35.7 Å². The van der Waals surface area contributed by atoms with Gasteiger partial charge in [-0.05, 0) is 31.2 Å². The van der Waals surface area contributed by atoms with Crippen LogP contribution in [0.25, 0.3) is 0 Å². The molecular formula is C15H14N2O6S. The number of hydrogen-bond acceptors (Lipinski definition) is 6. The van der Waals surface area contributed by atoms with E-state index in [0.29, 0.717) is 17.8 Å². The van der Waals surface area contributed by atoms with E-state index < -0.39 is 29.3 Å². The van der Waals surface area contributed by atoms with Crippen LogP contribution >= 0.6 is 11.8 Å². The van der Waals surface area contributed by atoms with E-state index >= 15 is 0 Å². The molecule has 2 aliphatic rings. The van der Waals surface area contributed by atoms with E-state index in [-0.39, 0.29) is 10.8 Å². The van der Waals surface area contributed by atoms with Crippen molar-refractivity contribution in [2.45, 2.75) is 18.4 Å². The highest BCUT2D eigenvalue weighted by molar-refractivity contribution is 8.03. The summed E-state index contributed by atoms with van der Waals surface area (Å²) in [5, 5.41) is 21.1. The summed E-state index contributed by atoms with van der Waals surface area (Å²) in [6, 6.07) is 6.34. The lowest BCUT2D eigenvalue weighted by atomic mass is 9.92. The average molecular weight is 350 g/mol. The first-order chi connectivity index (χ1) is 11.4. The molecule has 0 spiro atoms. The van der Waals surface area contributed by atoms with Crippen molar-refractivity contribution < 1.29 is 29.3 Å². The molecule has 0 unspecified atom stereocenters. The molecular weight excluding hydrogens is 336 g/mol. The Hall–Kier alpha value is -2.52. The summed E-state index contributed by atoms with van der Waals surface area (Å²) < 4.78 is 5.61. The van der Waals surface area contributed by atoms with E-state index in [9.17, 15) is 24.6 Å². The Morgan fingerprint density at radius 1 is 1.42 bits per heavy atom. The van der Waals surface area contributed by atoms with Crippen molar-refractivity contribution in [2.75, 3.05) is 5.32 Å². The van der Waals surface area contributed by atoms with Gasteiger partial charge in [-0.15, -0.1) is 0 Å². The molecule has 0 saturated carbocycles. The van der Waals surface area contributed by atoms with Gasteiger partial charge in [0.1, 0.15) is 11.1 Å². The quantitative estimate of drug-likeness (QED) is 0.513. The monoisotopic (exact) mass is 350 g/mol. The Kier molecular flexibility index (Phi) is 4.20. The number of ether oxygens (including phenoxy) is 1. The van der Waals surface area contributed by atoms with Crippen molar-refractivity contribution in [1.29, 1.82) is 0 Å². The van der Waals surface area contributed by atoms with Crippen LogP contribution in [0.15, 0.2) is 35.1 Å². The molecule has 0 radical (unpaired) electrons. The average Bonchev–Trinajstić information content (AvgIpc) is 2.83. The van der Waals surface area contributed by atoms with Crippen molar-refractivity contribution in [3.05, 3.63) is 35.1 Å². The maximum Gasteiger partial charge on any atom is 0.357 e. The molecule has 3 atom stereocenters. The lowest BCUT2D eigenvalue weighted by molar-refractivity contribution is -0.156. The Balaban J connectivity index is 1.83. The van der Waals surface area contributed by atoms with E-state index in [1.165, 1.54) is 6.92 Å². The van der Waals surface area contributed by atoms with E-state index in [4.69, 9.17) is 4.74 Å². The lowest BCUT2D eigenvalue weighted by Crippen LogP contribution is -2.60. The van der Waals surface area contributed by atoms with Crippen LogP contribution in [0.1, 0.15) is 6.92 Å². The topological polar surface area (TPSA) is 116 Å². The molecule has 0 aliphatic carbocycles. The van der Waals surface area contributed by atoms with Gasteiger partial charge in [0.2, 0.25) is 12.3 Å². The van der Waals surface area contributed by atoms with Crippen LogP contribution in [0.2, 0.25) is 0 Å². The molecule has 2 aliphatic heterocycles. The zero-order chi connectivity index (χ0) is 17.4. The number of fused-ring (bicyclic) bond motifs is 1. The summed E-state index contributed by atoms with van der Waals surface area (Å²) >= 11 is 1.10. The van der Waals surface area contributed by atoms with Gasteiger partial charge in [-0.3, -0.25) is 14.5 Å². The molecule has 8 nitrogen and oxygen atoms in total. The van der Waals surface area contributed by atoms with Gasteiger partial charge in [0.05, 0.1) is 12.0 Å². The number of amides is 2. The molecule has 24 heavy (non-hydrogen) atoms. The highest BCUT2D eigenvalue weighted by atomic mass is 32.2. The summed E-state index contributed by atoms with van der Waals surface area (Å²) in [7, 11) is 0. The number of thioether (sulfide) groups is 1. The van der Waals surface area contributed by atoms with Gasteiger partial charge in [0.15, 0.2) is 10.8 Å². The third kappa shape index (κ3) is 2.61. The number of aliphatic hydroxyl groups is 1. The highest BCUT2D eigenvalue weighted by Crippen LogP contribution is 2.50. The number of aliphatic hydroxyl groups excluding tert-OH is 1. The standard InChI is InChI=1S/C15H14N2O6S/c1-7(19)10-12(20)17-11(14(21)22)15(24-13(10)17)23-9-4-2-8(3-5-9)16-6-18/h2-7,10,13,19H,1H3,(H,16,18)(H,21,22)/t7-,10+,13-/m1/s1. The van der Waals surface area contributed by atoms with Crippen LogP contribution in [0.3, 0.4) is 0 Å². The number of rotatable bonds is 6. The number of aliphatic carboxylic acids is 1. The van der Waals surface area contributed by atoms with Gasteiger partial charge in [-0.2, -0.15) is 0 Å².